The van der Waals surface area contributed by atoms with Gasteiger partial charge in [0.05, 0.1) is 16.1 Å². The highest BCUT2D eigenvalue weighted by atomic mass is 32.2. The van der Waals surface area contributed by atoms with E-state index in [0.29, 0.717) is 24.1 Å². The van der Waals surface area contributed by atoms with Crippen molar-refractivity contribution in [1.29, 1.82) is 0 Å². The summed E-state index contributed by atoms with van der Waals surface area (Å²) in [5.74, 6) is -0.739. The smallest absolute Gasteiger partial charge is 0.251 e. The normalized spacial score (nSPS) is 11.4. The van der Waals surface area contributed by atoms with E-state index in [9.17, 15) is 18.0 Å². The van der Waals surface area contributed by atoms with Crippen molar-refractivity contribution in [3.8, 4) is 16.9 Å². The maximum Gasteiger partial charge on any atom is 0.251 e. The van der Waals surface area contributed by atoms with E-state index in [-0.39, 0.29) is 17.3 Å². The van der Waals surface area contributed by atoms with E-state index in [0.717, 1.165) is 33.4 Å². The molecular formula is C31H29N5O4S. The molecule has 0 unspecified atom stereocenters. The first-order valence-corrected chi connectivity index (χ1v) is 14.5. The highest BCUT2D eigenvalue weighted by Crippen LogP contribution is 2.30. The van der Waals surface area contributed by atoms with Crippen molar-refractivity contribution in [2.75, 3.05) is 13.1 Å². The SMILES string of the molecule is Cc1ccc(S(=O)(=O)NCCCNC(=O)c2ccc(-n3nc(-c4ccc(C(N)=O)cc4)c4ccccc43)cc2)cc1. The number of hydrogen-bond donors (Lipinski definition) is 3. The Balaban J connectivity index is 1.23. The number of nitrogens with zero attached hydrogens (tertiary/aromatic N) is 2. The molecule has 5 rings (SSSR count). The molecule has 4 aromatic carbocycles. The molecule has 0 atom stereocenters. The van der Waals surface area contributed by atoms with Gasteiger partial charge in [-0.25, -0.2) is 17.8 Å². The third kappa shape index (κ3) is 6.19. The Labute approximate surface area is 238 Å². The van der Waals surface area contributed by atoms with Gasteiger partial charge in [0, 0.05) is 35.2 Å². The molecule has 0 aliphatic heterocycles. The number of nitrogens with one attached hydrogen (secondary N) is 2. The van der Waals surface area contributed by atoms with Gasteiger partial charge in [-0.1, -0.05) is 48.0 Å². The number of benzene rings is 4. The van der Waals surface area contributed by atoms with E-state index in [4.69, 9.17) is 10.8 Å². The van der Waals surface area contributed by atoms with Gasteiger partial charge in [-0.15, -0.1) is 0 Å². The molecule has 0 aliphatic carbocycles. The van der Waals surface area contributed by atoms with E-state index >= 15 is 0 Å². The standard InChI is InChI=1S/C31H29N5O4S/c1-21-7-17-26(18-8-21)41(39,40)34-20-4-19-33-31(38)24-13-15-25(16-14-24)36-28-6-3-2-5-27(28)29(35-36)22-9-11-23(12-10-22)30(32)37/h2-3,5-18,34H,4,19-20H2,1H3,(H2,32,37)(H,33,38). The van der Waals surface area contributed by atoms with E-state index < -0.39 is 15.9 Å². The van der Waals surface area contributed by atoms with E-state index in [1.54, 1.807) is 48.5 Å². The maximum atomic E-state index is 12.7. The second-order valence-corrected chi connectivity index (χ2v) is 11.4. The van der Waals surface area contributed by atoms with Crippen LogP contribution in [0.1, 0.15) is 32.7 Å². The van der Waals surface area contributed by atoms with Gasteiger partial charge in [0.2, 0.25) is 15.9 Å². The molecule has 1 aromatic heterocycles. The van der Waals surface area contributed by atoms with Gasteiger partial charge in [0.15, 0.2) is 0 Å². The lowest BCUT2D eigenvalue weighted by Gasteiger charge is -2.09. The van der Waals surface area contributed by atoms with Crippen LogP contribution in [0.15, 0.2) is 102 Å². The molecule has 0 radical (unpaired) electrons. The van der Waals surface area contributed by atoms with Crippen molar-refractivity contribution in [3.05, 3.63) is 114 Å². The number of nitrogens with two attached hydrogens (primary N) is 1. The Hall–Kier alpha value is -4.80. The van der Waals surface area contributed by atoms with Gasteiger partial charge in [0.25, 0.3) is 5.91 Å². The Kier molecular flexibility index (Phi) is 7.95. The first kappa shape index (κ1) is 27.8. The summed E-state index contributed by atoms with van der Waals surface area (Å²) in [4.78, 5) is 24.3. The molecule has 4 N–H and O–H groups in total. The minimum atomic E-state index is -3.59. The fourth-order valence-electron chi connectivity index (χ4n) is 4.42. The number of amides is 2. The summed E-state index contributed by atoms with van der Waals surface area (Å²) in [6.07, 6.45) is 0.442. The van der Waals surface area contributed by atoms with Crippen molar-refractivity contribution in [3.63, 3.8) is 0 Å². The lowest BCUT2D eigenvalue weighted by atomic mass is 10.1. The topological polar surface area (TPSA) is 136 Å². The minimum absolute atomic E-state index is 0.204. The predicted octanol–water partition coefficient (Wildman–Crippen LogP) is 4.20. The molecule has 1 heterocycles. The lowest BCUT2D eigenvalue weighted by Crippen LogP contribution is -2.30. The molecule has 2 amide bonds. The molecule has 41 heavy (non-hydrogen) atoms. The minimum Gasteiger partial charge on any atom is -0.366 e. The van der Waals surface area contributed by atoms with Crippen LogP contribution in [0.4, 0.5) is 0 Å². The van der Waals surface area contributed by atoms with E-state index in [1.165, 1.54) is 0 Å². The summed E-state index contributed by atoms with van der Waals surface area (Å²) in [7, 11) is -3.59. The fraction of sp³-hybridized carbons (Fsp3) is 0.129. The number of primary amides is 1. The molecule has 5 aromatic rings. The summed E-state index contributed by atoms with van der Waals surface area (Å²) >= 11 is 0. The lowest BCUT2D eigenvalue weighted by molar-refractivity contribution is 0.0952. The van der Waals surface area contributed by atoms with Gasteiger partial charge >= 0.3 is 0 Å². The Morgan fingerprint density at radius 2 is 1.49 bits per heavy atom. The molecule has 0 bridgehead atoms. The van der Waals surface area contributed by atoms with Crippen LogP contribution in [-0.4, -0.2) is 43.1 Å². The van der Waals surface area contributed by atoms with Gasteiger partial charge < -0.3 is 11.1 Å². The van der Waals surface area contributed by atoms with Crippen LogP contribution in [0.25, 0.3) is 27.8 Å². The predicted molar refractivity (Wildman–Crippen MR) is 158 cm³/mol. The molecule has 0 saturated carbocycles. The number of para-hydroxylation sites is 1. The zero-order valence-corrected chi connectivity index (χ0v) is 23.2. The zero-order valence-electron chi connectivity index (χ0n) is 22.4. The third-order valence-electron chi connectivity index (χ3n) is 6.67. The fourth-order valence-corrected chi connectivity index (χ4v) is 5.50. The van der Waals surface area contributed by atoms with Crippen molar-refractivity contribution >= 4 is 32.7 Å². The number of carbonyl (C=O) groups is 2. The van der Waals surface area contributed by atoms with Gasteiger partial charge in [-0.3, -0.25) is 9.59 Å². The first-order valence-electron chi connectivity index (χ1n) is 13.1. The molecular weight excluding hydrogens is 538 g/mol. The zero-order chi connectivity index (χ0) is 29.0. The summed E-state index contributed by atoms with van der Waals surface area (Å²) in [6, 6.07) is 28.6. The Morgan fingerprint density at radius 3 is 2.17 bits per heavy atom. The van der Waals surface area contributed by atoms with Gasteiger partial charge in [-0.05, 0) is 67.9 Å². The number of sulfonamides is 1. The van der Waals surface area contributed by atoms with Crippen molar-refractivity contribution in [1.82, 2.24) is 19.8 Å². The molecule has 0 aliphatic rings. The van der Waals surface area contributed by atoms with Crippen LogP contribution in [0.2, 0.25) is 0 Å². The number of aromatic nitrogens is 2. The molecule has 9 nitrogen and oxygen atoms in total. The highest BCUT2D eigenvalue weighted by molar-refractivity contribution is 7.89. The number of fused-ring (bicyclic) bond motifs is 1. The average molecular weight is 568 g/mol. The van der Waals surface area contributed by atoms with Crippen LogP contribution in [0.3, 0.4) is 0 Å². The largest absolute Gasteiger partial charge is 0.366 e. The quantitative estimate of drug-likeness (QED) is 0.217. The molecule has 0 saturated heterocycles. The van der Waals surface area contributed by atoms with Crippen LogP contribution >= 0.6 is 0 Å². The van der Waals surface area contributed by atoms with Crippen molar-refractivity contribution in [2.45, 2.75) is 18.2 Å². The highest BCUT2D eigenvalue weighted by Gasteiger charge is 2.15. The molecule has 208 valence electrons. The second-order valence-electron chi connectivity index (χ2n) is 9.59. The van der Waals surface area contributed by atoms with Crippen molar-refractivity contribution < 1.29 is 18.0 Å². The van der Waals surface area contributed by atoms with Crippen LogP contribution < -0.4 is 15.8 Å². The Morgan fingerprint density at radius 1 is 0.829 bits per heavy atom. The molecule has 0 fully saturated rings. The third-order valence-corrected chi connectivity index (χ3v) is 8.14. The van der Waals surface area contributed by atoms with Crippen LogP contribution in [-0.2, 0) is 10.0 Å². The number of carbonyl (C=O) groups excluding carboxylic acids is 2. The maximum absolute atomic E-state index is 12.7. The van der Waals surface area contributed by atoms with Gasteiger partial charge in [0.1, 0.15) is 5.69 Å². The first-order chi connectivity index (χ1) is 19.7. The van der Waals surface area contributed by atoms with Gasteiger partial charge in [-0.2, -0.15) is 5.10 Å². The molecule has 0 spiro atoms. The van der Waals surface area contributed by atoms with Crippen LogP contribution in [0.5, 0.6) is 0 Å². The summed E-state index contributed by atoms with van der Waals surface area (Å²) in [5, 5.41) is 8.61. The summed E-state index contributed by atoms with van der Waals surface area (Å²) in [5.41, 5.74) is 10.5. The second kappa shape index (κ2) is 11.7. The monoisotopic (exact) mass is 567 g/mol. The number of rotatable bonds is 10. The number of hydrogen-bond acceptors (Lipinski definition) is 5. The van der Waals surface area contributed by atoms with E-state index in [1.807, 2.05) is 60.1 Å². The van der Waals surface area contributed by atoms with E-state index in [2.05, 4.69) is 10.0 Å². The summed E-state index contributed by atoms with van der Waals surface area (Å²) < 4.78 is 29.2. The molecule has 10 heteroatoms. The summed E-state index contributed by atoms with van der Waals surface area (Å²) in [6.45, 7) is 2.42. The van der Waals surface area contributed by atoms with Crippen LogP contribution in [0, 0.1) is 6.92 Å². The average Bonchev–Trinajstić information content (AvgIpc) is 3.37. The Bertz CT molecular complexity index is 1810. The number of aryl methyl sites for hydroxylation is 1. The van der Waals surface area contributed by atoms with Crippen molar-refractivity contribution in [2.24, 2.45) is 5.73 Å².